The number of hydrogen-bond acceptors (Lipinski definition) is 3. The number of nitrogens with zero attached hydrogens (tertiary/aromatic N) is 1. The molecule has 0 fully saturated rings. The first-order chi connectivity index (χ1) is 10.7. The predicted molar refractivity (Wildman–Crippen MR) is 86.2 cm³/mol. The van der Waals surface area contributed by atoms with Gasteiger partial charge < -0.3 is 15.7 Å². The van der Waals surface area contributed by atoms with E-state index in [-0.39, 0.29) is 18.7 Å². The van der Waals surface area contributed by atoms with Gasteiger partial charge in [-0.1, -0.05) is 24.3 Å². The molecule has 0 saturated heterocycles. The van der Waals surface area contributed by atoms with Crippen molar-refractivity contribution < 1.29 is 9.90 Å². The fraction of sp³-hybridized carbons (Fsp3) is 0.294. The molecule has 0 aliphatic carbocycles. The van der Waals surface area contributed by atoms with Crippen LogP contribution in [0, 0.1) is 0 Å². The zero-order valence-electron chi connectivity index (χ0n) is 12.6. The van der Waals surface area contributed by atoms with Crippen molar-refractivity contribution >= 4 is 6.03 Å². The number of nitrogens with one attached hydrogen (secondary N) is 2. The minimum atomic E-state index is -0.232. The number of carbonyl (C=O) groups is 1. The summed E-state index contributed by atoms with van der Waals surface area (Å²) >= 11 is 0. The molecule has 2 rings (SSSR count). The summed E-state index contributed by atoms with van der Waals surface area (Å²) in [5.41, 5.74) is 2.94. The molecule has 0 saturated carbocycles. The number of carbonyl (C=O) groups excluding carboxylic acids is 1. The molecule has 0 spiro atoms. The predicted octanol–water partition coefficient (Wildman–Crippen LogP) is 2.32. The highest BCUT2D eigenvalue weighted by atomic mass is 16.3. The molecule has 2 amide bonds. The summed E-state index contributed by atoms with van der Waals surface area (Å²) in [4.78, 5) is 16.1. The average molecular weight is 299 g/mol. The quantitative estimate of drug-likeness (QED) is 0.766. The fourth-order valence-electron chi connectivity index (χ4n) is 2.10. The molecular weight excluding hydrogens is 278 g/mol. The summed E-state index contributed by atoms with van der Waals surface area (Å²) in [5.74, 6) is 0. The highest BCUT2D eigenvalue weighted by Gasteiger charge is 2.06. The van der Waals surface area contributed by atoms with Gasteiger partial charge in [0.05, 0.1) is 5.69 Å². The number of rotatable bonds is 6. The summed E-state index contributed by atoms with van der Waals surface area (Å²) in [6.07, 6.45) is 2.30. The van der Waals surface area contributed by atoms with Gasteiger partial charge in [0.15, 0.2) is 0 Å². The molecule has 22 heavy (non-hydrogen) atoms. The Morgan fingerprint density at radius 2 is 2.14 bits per heavy atom. The van der Waals surface area contributed by atoms with E-state index < -0.39 is 0 Å². The first-order valence-electron chi connectivity index (χ1n) is 7.34. The van der Waals surface area contributed by atoms with Crippen LogP contribution in [0.1, 0.15) is 18.9 Å². The third-order valence-electron chi connectivity index (χ3n) is 3.28. The van der Waals surface area contributed by atoms with Gasteiger partial charge in [0.1, 0.15) is 0 Å². The SMILES string of the molecule is C[C@H](CCO)NC(=O)NCc1cccc(-c2ccccn2)c1. The van der Waals surface area contributed by atoms with Crippen LogP contribution in [0.15, 0.2) is 48.7 Å². The first-order valence-corrected chi connectivity index (χ1v) is 7.34. The third-order valence-corrected chi connectivity index (χ3v) is 3.28. The zero-order valence-corrected chi connectivity index (χ0v) is 12.6. The molecule has 1 heterocycles. The maximum absolute atomic E-state index is 11.7. The van der Waals surface area contributed by atoms with E-state index in [9.17, 15) is 4.79 Å². The molecule has 5 heteroatoms. The average Bonchev–Trinajstić information content (AvgIpc) is 2.54. The lowest BCUT2D eigenvalue weighted by atomic mass is 10.1. The van der Waals surface area contributed by atoms with Crippen LogP contribution in [-0.2, 0) is 6.54 Å². The lowest BCUT2D eigenvalue weighted by Gasteiger charge is -2.13. The molecule has 1 atom stereocenters. The zero-order chi connectivity index (χ0) is 15.8. The molecule has 1 aromatic carbocycles. The summed E-state index contributed by atoms with van der Waals surface area (Å²) in [5, 5.41) is 14.4. The van der Waals surface area contributed by atoms with Gasteiger partial charge in [0.2, 0.25) is 0 Å². The monoisotopic (exact) mass is 299 g/mol. The van der Waals surface area contributed by atoms with Gasteiger partial charge in [0.25, 0.3) is 0 Å². The molecule has 0 aliphatic rings. The van der Waals surface area contributed by atoms with Crippen molar-refractivity contribution in [3.8, 4) is 11.3 Å². The van der Waals surface area contributed by atoms with Crippen LogP contribution in [0.5, 0.6) is 0 Å². The maximum Gasteiger partial charge on any atom is 0.315 e. The number of aliphatic hydroxyl groups is 1. The van der Waals surface area contributed by atoms with Crippen LogP contribution in [0.25, 0.3) is 11.3 Å². The summed E-state index contributed by atoms with van der Waals surface area (Å²) in [7, 11) is 0. The molecule has 3 N–H and O–H groups in total. The van der Waals surface area contributed by atoms with E-state index in [1.807, 2.05) is 49.4 Å². The van der Waals surface area contributed by atoms with Crippen LogP contribution < -0.4 is 10.6 Å². The molecule has 116 valence electrons. The Morgan fingerprint density at radius 1 is 1.27 bits per heavy atom. The van der Waals surface area contributed by atoms with Gasteiger partial charge in [0, 0.05) is 31.0 Å². The van der Waals surface area contributed by atoms with E-state index >= 15 is 0 Å². The summed E-state index contributed by atoms with van der Waals surface area (Å²) in [6.45, 7) is 2.36. The second-order valence-corrected chi connectivity index (χ2v) is 5.16. The smallest absolute Gasteiger partial charge is 0.315 e. The number of hydrogen-bond donors (Lipinski definition) is 3. The summed E-state index contributed by atoms with van der Waals surface area (Å²) < 4.78 is 0. The van der Waals surface area contributed by atoms with Gasteiger partial charge >= 0.3 is 6.03 Å². The Balaban J connectivity index is 1.92. The van der Waals surface area contributed by atoms with E-state index in [0.29, 0.717) is 13.0 Å². The van der Waals surface area contributed by atoms with Crippen molar-refractivity contribution in [1.82, 2.24) is 15.6 Å². The Morgan fingerprint density at radius 3 is 2.86 bits per heavy atom. The number of urea groups is 1. The fourth-order valence-corrected chi connectivity index (χ4v) is 2.10. The molecule has 0 aliphatic heterocycles. The minimum absolute atomic E-state index is 0.0511. The van der Waals surface area contributed by atoms with Crippen LogP contribution in [0.3, 0.4) is 0 Å². The number of aromatic nitrogens is 1. The van der Waals surface area contributed by atoms with Gasteiger partial charge in [-0.2, -0.15) is 0 Å². The Bertz CT molecular complexity index is 602. The van der Waals surface area contributed by atoms with Gasteiger partial charge in [-0.05, 0) is 37.1 Å². The van der Waals surface area contributed by atoms with Crippen LogP contribution in [0.2, 0.25) is 0 Å². The van der Waals surface area contributed by atoms with Crippen molar-refractivity contribution in [2.24, 2.45) is 0 Å². The van der Waals surface area contributed by atoms with E-state index in [1.54, 1.807) is 6.20 Å². The number of amides is 2. The highest BCUT2D eigenvalue weighted by molar-refractivity contribution is 5.74. The van der Waals surface area contributed by atoms with E-state index in [0.717, 1.165) is 16.8 Å². The standard InChI is InChI=1S/C17H21N3O2/c1-13(8-10-21)20-17(22)19-12-14-5-4-6-15(11-14)16-7-2-3-9-18-16/h2-7,9,11,13,21H,8,10,12H2,1H3,(H2,19,20,22)/t13-/m1/s1. The third kappa shape index (κ3) is 4.86. The molecule has 2 aromatic rings. The van der Waals surface area contributed by atoms with Crippen molar-refractivity contribution in [2.45, 2.75) is 25.9 Å². The molecule has 0 radical (unpaired) electrons. The molecule has 0 bridgehead atoms. The van der Waals surface area contributed by atoms with Crippen molar-refractivity contribution in [1.29, 1.82) is 0 Å². The van der Waals surface area contributed by atoms with Crippen molar-refractivity contribution in [3.05, 3.63) is 54.2 Å². The molecule has 0 unspecified atom stereocenters. The van der Waals surface area contributed by atoms with Gasteiger partial charge in [-0.3, -0.25) is 4.98 Å². The minimum Gasteiger partial charge on any atom is -0.396 e. The largest absolute Gasteiger partial charge is 0.396 e. The normalized spacial score (nSPS) is 11.7. The van der Waals surface area contributed by atoms with Crippen LogP contribution >= 0.6 is 0 Å². The van der Waals surface area contributed by atoms with E-state index in [1.165, 1.54) is 0 Å². The van der Waals surface area contributed by atoms with E-state index in [2.05, 4.69) is 15.6 Å². The first kappa shape index (κ1) is 16.0. The van der Waals surface area contributed by atoms with Gasteiger partial charge in [-0.25, -0.2) is 4.79 Å². The second-order valence-electron chi connectivity index (χ2n) is 5.16. The Kier molecular flexibility index (Phi) is 5.91. The lowest BCUT2D eigenvalue weighted by Crippen LogP contribution is -2.40. The maximum atomic E-state index is 11.7. The lowest BCUT2D eigenvalue weighted by molar-refractivity contribution is 0.230. The molecule has 5 nitrogen and oxygen atoms in total. The summed E-state index contributed by atoms with van der Waals surface area (Å²) in [6, 6.07) is 13.4. The molecular formula is C17H21N3O2. The topological polar surface area (TPSA) is 74.2 Å². The second kappa shape index (κ2) is 8.14. The molecule has 1 aromatic heterocycles. The highest BCUT2D eigenvalue weighted by Crippen LogP contribution is 2.17. The van der Waals surface area contributed by atoms with Gasteiger partial charge in [-0.15, -0.1) is 0 Å². The Labute approximate surface area is 130 Å². The van der Waals surface area contributed by atoms with Crippen molar-refractivity contribution in [3.63, 3.8) is 0 Å². The number of benzene rings is 1. The van der Waals surface area contributed by atoms with Crippen LogP contribution in [-0.4, -0.2) is 28.8 Å². The van der Waals surface area contributed by atoms with Crippen molar-refractivity contribution in [2.75, 3.05) is 6.61 Å². The van der Waals surface area contributed by atoms with Crippen LogP contribution in [0.4, 0.5) is 4.79 Å². The van der Waals surface area contributed by atoms with E-state index in [4.69, 9.17) is 5.11 Å². The number of aliphatic hydroxyl groups excluding tert-OH is 1. The Hall–Kier alpha value is -2.40. The number of pyridine rings is 1.